The molecule has 4 atom stereocenters. The summed E-state index contributed by atoms with van der Waals surface area (Å²) in [6, 6.07) is 0. The molecule has 3 nitrogen and oxygen atoms in total. The lowest BCUT2D eigenvalue weighted by Crippen LogP contribution is -3.00. The van der Waals surface area contributed by atoms with Crippen molar-refractivity contribution in [1.29, 1.82) is 0 Å². The first-order valence-corrected chi connectivity index (χ1v) is 12.5. The number of rotatable bonds is 4. The van der Waals surface area contributed by atoms with Gasteiger partial charge in [-0.3, -0.25) is 0 Å². The van der Waals surface area contributed by atoms with Crippen LogP contribution in [0.25, 0.3) is 0 Å². The molecule has 4 unspecified atom stereocenters. The van der Waals surface area contributed by atoms with E-state index in [0.717, 1.165) is 36.9 Å². The van der Waals surface area contributed by atoms with Gasteiger partial charge in [-0.05, 0) is 50.4 Å². The van der Waals surface area contributed by atoms with Gasteiger partial charge in [-0.2, -0.15) is 0 Å². The van der Waals surface area contributed by atoms with Gasteiger partial charge in [-0.15, -0.1) is 0 Å². The number of likely N-dealkylation sites (tertiary alicyclic amines) is 1. The van der Waals surface area contributed by atoms with Crippen LogP contribution < -0.4 is 48.0 Å². The summed E-state index contributed by atoms with van der Waals surface area (Å²) in [5, 5.41) is 0. The van der Waals surface area contributed by atoms with Crippen LogP contribution in [-0.4, -0.2) is 75.5 Å². The Morgan fingerprint density at radius 1 is 0.733 bits per heavy atom. The van der Waals surface area contributed by atoms with Crippen molar-refractivity contribution in [1.82, 2.24) is 0 Å². The average Bonchev–Trinajstić information content (AvgIpc) is 3.06. The van der Waals surface area contributed by atoms with E-state index in [0.29, 0.717) is 0 Å². The molecule has 4 fully saturated rings. The highest BCUT2D eigenvalue weighted by molar-refractivity contribution is 5.28. The van der Waals surface area contributed by atoms with Crippen molar-refractivity contribution in [3.05, 3.63) is 11.1 Å². The maximum atomic E-state index is 5.61. The van der Waals surface area contributed by atoms with Gasteiger partial charge >= 0.3 is 0 Å². The van der Waals surface area contributed by atoms with Crippen molar-refractivity contribution in [2.45, 2.75) is 57.8 Å². The molecule has 2 saturated carbocycles. The van der Waals surface area contributed by atoms with Gasteiger partial charge in [0.25, 0.3) is 0 Å². The first-order valence-electron chi connectivity index (χ1n) is 12.5. The van der Waals surface area contributed by atoms with Gasteiger partial charge in [0.15, 0.2) is 0 Å². The van der Waals surface area contributed by atoms with Crippen LogP contribution in [0.3, 0.4) is 0 Å². The number of nitrogens with zero attached hydrogens (tertiary/aromatic N) is 2. The fourth-order valence-corrected chi connectivity index (χ4v) is 8.06. The fourth-order valence-electron chi connectivity index (χ4n) is 8.06. The number of morpholine rings is 1. The zero-order valence-corrected chi connectivity index (χ0v) is 23.7. The Kier molecular flexibility index (Phi) is 9.05. The molecule has 0 spiro atoms. The first kappa shape index (κ1) is 25.7. The summed E-state index contributed by atoms with van der Waals surface area (Å²) in [6.07, 6.45) is 13.3. The van der Waals surface area contributed by atoms with Gasteiger partial charge in [-0.1, -0.05) is 24.0 Å². The van der Waals surface area contributed by atoms with Crippen molar-refractivity contribution in [2.24, 2.45) is 23.7 Å². The van der Waals surface area contributed by atoms with Crippen LogP contribution in [0.4, 0.5) is 0 Å². The molecule has 5 heteroatoms. The molecule has 2 saturated heterocycles. The highest BCUT2D eigenvalue weighted by Crippen LogP contribution is 2.55. The Morgan fingerprint density at radius 3 is 1.77 bits per heavy atom. The molecular weight excluding hydrogens is 598 g/mol. The maximum Gasteiger partial charge on any atom is 0.102 e. The summed E-state index contributed by atoms with van der Waals surface area (Å²) in [6.45, 7) is 10.1. The predicted octanol–water partition coefficient (Wildman–Crippen LogP) is -1.76. The second kappa shape index (κ2) is 10.6. The largest absolute Gasteiger partial charge is 1.00 e. The summed E-state index contributed by atoms with van der Waals surface area (Å²) >= 11 is 0. The van der Waals surface area contributed by atoms with Gasteiger partial charge in [0, 0.05) is 18.3 Å². The third-order valence-corrected chi connectivity index (χ3v) is 9.56. The van der Waals surface area contributed by atoms with E-state index in [1.807, 2.05) is 11.1 Å². The zero-order valence-electron chi connectivity index (χ0n) is 19.4. The van der Waals surface area contributed by atoms with Crippen molar-refractivity contribution in [3.8, 4) is 0 Å². The Hall–Kier alpha value is 1.08. The van der Waals surface area contributed by atoms with Crippen LogP contribution in [0.2, 0.25) is 0 Å². The standard InChI is InChI=1S/C25H44N2O.2HI/c1-26(14-16-28-17-15-26)12-7-13-27(2)18-24-22-10-5-3-8-20(22)21-9-4-6-11-23(21)25(24)19-27;;/h22-25H,3-19H2,1-2H3;2*1H/q+2;;/p-2. The molecule has 0 aromatic carbocycles. The first-order chi connectivity index (χ1) is 13.6. The van der Waals surface area contributed by atoms with Crippen molar-refractivity contribution in [2.75, 3.05) is 66.6 Å². The molecule has 0 aromatic rings. The van der Waals surface area contributed by atoms with Crippen LogP contribution >= 0.6 is 0 Å². The van der Waals surface area contributed by atoms with Crippen molar-refractivity contribution < 1.29 is 61.7 Å². The summed E-state index contributed by atoms with van der Waals surface area (Å²) in [7, 11) is 5.07. The molecule has 0 radical (unpaired) electrons. The number of fused-ring (bicyclic) bond motifs is 5. The highest BCUT2D eigenvalue weighted by Gasteiger charge is 2.54. The highest BCUT2D eigenvalue weighted by atomic mass is 127. The van der Waals surface area contributed by atoms with E-state index in [1.54, 1.807) is 0 Å². The van der Waals surface area contributed by atoms with Gasteiger partial charge in [0.2, 0.25) is 0 Å². The molecule has 2 heterocycles. The third-order valence-electron chi connectivity index (χ3n) is 9.56. The predicted molar refractivity (Wildman–Crippen MR) is 115 cm³/mol. The summed E-state index contributed by atoms with van der Waals surface area (Å²) < 4.78 is 8.22. The number of likely N-dealkylation sites (N-methyl/N-ethyl adjacent to an activating group) is 1. The molecule has 3 aliphatic carbocycles. The molecule has 0 aromatic heterocycles. The monoisotopic (exact) mass is 642 g/mol. The van der Waals surface area contributed by atoms with Gasteiger partial charge < -0.3 is 61.7 Å². The molecule has 5 aliphatic rings. The van der Waals surface area contributed by atoms with Crippen LogP contribution in [0.15, 0.2) is 11.1 Å². The Balaban J connectivity index is 0.00000128. The maximum absolute atomic E-state index is 5.61. The van der Waals surface area contributed by atoms with Gasteiger partial charge in [0.05, 0.1) is 53.5 Å². The number of quaternary nitrogens is 2. The van der Waals surface area contributed by atoms with E-state index in [9.17, 15) is 0 Å². The minimum atomic E-state index is 0. The van der Waals surface area contributed by atoms with Crippen LogP contribution in [0.5, 0.6) is 0 Å². The molecule has 174 valence electrons. The average molecular weight is 642 g/mol. The minimum absolute atomic E-state index is 0. The zero-order chi connectivity index (χ0) is 19.2. The summed E-state index contributed by atoms with van der Waals surface area (Å²) in [5.74, 6) is 3.99. The molecule has 5 rings (SSSR count). The number of allylic oxidation sites excluding steroid dienone is 2. The summed E-state index contributed by atoms with van der Waals surface area (Å²) in [5.41, 5.74) is 3.99. The van der Waals surface area contributed by atoms with Crippen LogP contribution in [0.1, 0.15) is 57.8 Å². The van der Waals surface area contributed by atoms with E-state index in [2.05, 4.69) is 14.1 Å². The molecule has 0 bridgehead atoms. The normalized spacial score (nSPS) is 39.8. The molecule has 30 heavy (non-hydrogen) atoms. The Bertz CT molecular complexity index is 582. The van der Waals surface area contributed by atoms with E-state index in [4.69, 9.17) is 4.74 Å². The minimum Gasteiger partial charge on any atom is -1.00 e. The lowest BCUT2D eigenvalue weighted by atomic mass is 9.58. The van der Waals surface area contributed by atoms with E-state index >= 15 is 0 Å². The smallest absolute Gasteiger partial charge is 0.102 e. The second-order valence-electron chi connectivity index (χ2n) is 11.5. The molecule has 0 amide bonds. The fraction of sp³-hybridized carbons (Fsp3) is 0.920. The van der Waals surface area contributed by atoms with Crippen molar-refractivity contribution in [3.63, 3.8) is 0 Å². The Morgan fingerprint density at radius 2 is 1.23 bits per heavy atom. The number of hydrogen-bond donors (Lipinski definition) is 0. The third kappa shape index (κ3) is 5.10. The second-order valence-corrected chi connectivity index (χ2v) is 11.5. The van der Waals surface area contributed by atoms with Crippen LogP contribution in [-0.2, 0) is 4.74 Å². The van der Waals surface area contributed by atoms with E-state index < -0.39 is 0 Å². The molecular formula is C25H44I2N2O. The molecule has 0 N–H and O–H groups in total. The number of halogens is 2. The quantitative estimate of drug-likeness (QED) is 0.201. The van der Waals surface area contributed by atoms with Crippen molar-refractivity contribution >= 4 is 0 Å². The number of ether oxygens (including phenoxy) is 1. The lowest BCUT2D eigenvalue weighted by molar-refractivity contribution is -0.928. The SMILES string of the molecule is C[N+]1(CCC[N+]2(C)CC3C4CCCCC4=C4CCCCC4C3C2)CCOCC1.[I-].[I-]. The molecule has 2 aliphatic heterocycles. The summed E-state index contributed by atoms with van der Waals surface area (Å²) in [4.78, 5) is 0. The Labute approximate surface area is 219 Å². The van der Waals surface area contributed by atoms with E-state index in [-0.39, 0.29) is 48.0 Å². The van der Waals surface area contributed by atoms with Gasteiger partial charge in [-0.25, -0.2) is 0 Å². The van der Waals surface area contributed by atoms with Gasteiger partial charge in [0.1, 0.15) is 13.1 Å². The van der Waals surface area contributed by atoms with E-state index in [1.165, 1.54) is 106 Å². The topological polar surface area (TPSA) is 9.23 Å². The van der Waals surface area contributed by atoms with Crippen LogP contribution in [0, 0.1) is 23.7 Å². The number of hydrogen-bond acceptors (Lipinski definition) is 1. The lowest BCUT2D eigenvalue weighted by Gasteiger charge is -2.45.